The Kier molecular flexibility index (Phi) is 7.48. The predicted molar refractivity (Wildman–Crippen MR) is 100 cm³/mol. The lowest BCUT2D eigenvalue weighted by Crippen LogP contribution is -2.35. The van der Waals surface area contributed by atoms with Crippen LogP contribution in [-0.2, 0) is 16.1 Å². The molecule has 1 amide bonds. The number of hydrogen-bond donors (Lipinski definition) is 1. The number of esters is 1. The van der Waals surface area contributed by atoms with Crippen molar-refractivity contribution in [2.45, 2.75) is 32.9 Å². The van der Waals surface area contributed by atoms with Crippen molar-refractivity contribution in [3.05, 3.63) is 64.7 Å². The molecule has 0 spiro atoms. The average Bonchev–Trinajstić information content (AvgIpc) is 2.65. The molecule has 0 saturated carbocycles. The summed E-state index contributed by atoms with van der Waals surface area (Å²) in [7, 11) is 0. The van der Waals surface area contributed by atoms with Gasteiger partial charge in [-0.05, 0) is 43.2 Å². The molecule has 1 N–H and O–H groups in total. The van der Waals surface area contributed by atoms with E-state index in [9.17, 15) is 9.59 Å². The van der Waals surface area contributed by atoms with Gasteiger partial charge in [0, 0.05) is 11.1 Å². The van der Waals surface area contributed by atoms with Gasteiger partial charge in [-0.3, -0.25) is 4.79 Å². The van der Waals surface area contributed by atoms with Gasteiger partial charge in [0.25, 0.3) is 5.91 Å². The van der Waals surface area contributed by atoms with Crippen LogP contribution in [-0.4, -0.2) is 24.5 Å². The highest BCUT2D eigenvalue weighted by molar-refractivity contribution is 6.30. The first-order valence-electron chi connectivity index (χ1n) is 8.42. The molecule has 0 aliphatic rings. The minimum atomic E-state index is -0.601. The van der Waals surface area contributed by atoms with Crippen molar-refractivity contribution in [2.75, 3.05) is 6.61 Å². The zero-order valence-corrected chi connectivity index (χ0v) is 15.6. The van der Waals surface area contributed by atoms with Gasteiger partial charge in [-0.15, -0.1) is 0 Å². The Morgan fingerprint density at radius 3 is 2.50 bits per heavy atom. The second-order valence-corrected chi connectivity index (χ2v) is 6.30. The monoisotopic (exact) mass is 375 g/mol. The van der Waals surface area contributed by atoms with Crippen molar-refractivity contribution >= 4 is 23.5 Å². The van der Waals surface area contributed by atoms with E-state index in [1.54, 1.807) is 36.4 Å². The lowest BCUT2D eigenvalue weighted by atomic mass is 10.2. The van der Waals surface area contributed by atoms with Gasteiger partial charge < -0.3 is 14.8 Å². The minimum absolute atomic E-state index is 0.0381. The summed E-state index contributed by atoms with van der Waals surface area (Å²) < 4.78 is 10.8. The Labute approximate surface area is 158 Å². The fourth-order valence-corrected chi connectivity index (χ4v) is 2.26. The summed E-state index contributed by atoms with van der Waals surface area (Å²) in [6, 6.07) is 14.1. The summed E-state index contributed by atoms with van der Waals surface area (Å²) >= 11 is 5.86. The molecule has 0 fully saturated rings. The van der Waals surface area contributed by atoms with Gasteiger partial charge in [0.2, 0.25) is 0 Å². The first-order chi connectivity index (χ1) is 12.5. The van der Waals surface area contributed by atoms with Crippen LogP contribution in [0.3, 0.4) is 0 Å². The normalized spacial score (nSPS) is 11.5. The smallest absolute Gasteiger partial charge is 0.342 e. The van der Waals surface area contributed by atoms with E-state index < -0.39 is 5.97 Å². The number of benzene rings is 2. The number of halogens is 1. The van der Waals surface area contributed by atoms with Crippen molar-refractivity contribution in [1.82, 2.24) is 5.32 Å². The maximum Gasteiger partial charge on any atom is 0.342 e. The lowest BCUT2D eigenvalue weighted by Gasteiger charge is -2.13. The quantitative estimate of drug-likeness (QED) is 0.708. The van der Waals surface area contributed by atoms with Crippen molar-refractivity contribution in [2.24, 2.45) is 0 Å². The molecule has 2 aromatic rings. The Bertz CT molecular complexity index is 746. The third kappa shape index (κ3) is 6.08. The molecule has 2 rings (SSSR count). The predicted octanol–water partition coefficient (Wildman–Crippen LogP) is 3.99. The first-order valence-corrected chi connectivity index (χ1v) is 8.80. The van der Waals surface area contributed by atoms with Gasteiger partial charge in [-0.1, -0.05) is 42.8 Å². The summed E-state index contributed by atoms with van der Waals surface area (Å²) in [5.41, 5.74) is 1.20. The number of nitrogens with one attached hydrogen (secondary N) is 1. The Hall–Kier alpha value is -2.53. The molecule has 6 heteroatoms. The van der Waals surface area contributed by atoms with Crippen molar-refractivity contribution < 1.29 is 19.1 Å². The largest absolute Gasteiger partial charge is 0.488 e. The van der Waals surface area contributed by atoms with Crippen molar-refractivity contribution in [1.29, 1.82) is 0 Å². The van der Waals surface area contributed by atoms with E-state index in [0.29, 0.717) is 10.8 Å². The van der Waals surface area contributed by atoms with Crippen LogP contribution in [0.15, 0.2) is 48.5 Å². The molecule has 0 saturated heterocycles. The van der Waals surface area contributed by atoms with Crippen LogP contribution in [0.4, 0.5) is 0 Å². The molecule has 0 aliphatic carbocycles. The van der Waals surface area contributed by atoms with E-state index in [0.717, 1.165) is 12.0 Å². The van der Waals surface area contributed by atoms with E-state index in [2.05, 4.69) is 5.32 Å². The van der Waals surface area contributed by atoms with E-state index in [-0.39, 0.29) is 30.7 Å². The van der Waals surface area contributed by atoms with E-state index >= 15 is 0 Å². The first kappa shape index (κ1) is 19.8. The van der Waals surface area contributed by atoms with Crippen LogP contribution in [0.1, 0.15) is 36.2 Å². The molecule has 26 heavy (non-hydrogen) atoms. The molecular formula is C20H22ClNO4. The zero-order chi connectivity index (χ0) is 18.9. The zero-order valence-electron chi connectivity index (χ0n) is 14.8. The van der Waals surface area contributed by atoms with Gasteiger partial charge in [-0.2, -0.15) is 0 Å². The molecule has 5 nitrogen and oxygen atoms in total. The fourth-order valence-electron chi connectivity index (χ4n) is 2.13. The maximum atomic E-state index is 12.3. The van der Waals surface area contributed by atoms with Gasteiger partial charge in [0.1, 0.15) is 17.9 Å². The van der Waals surface area contributed by atoms with E-state index in [4.69, 9.17) is 21.1 Å². The molecule has 1 atom stereocenters. The van der Waals surface area contributed by atoms with Crippen LogP contribution >= 0.6 is 11.6 Å². The molecule has 0 aromatic heterocycles. The topological polar surface area (TPSA) is 64.6 Å². The number of para-hydroxylation sites is 1. The SMILES string of the molecule is CCC(C)NC(=O)COC(=O)c1ccccc1OCc1ccc(Cl)cc1. The molecule has 0 bridgehead atoms. The molecule has 0 radical (unpaired) electrons. The third-order valence-corrected chi connectivity index (χ3v) is 4.02. The summed E-state index contributed by atoms with van der Waals surface area (Å²) in [6.45, 7) is 3.81. The summed E-state index contributed by atoms with van der Waals surface area (Å²) in [4.78, 5) is 24.0. The Morgan fingerprint density at radius 2 is 1.81 bits per heavy atom. The number of carbonyl (C=O) groups excluding carboxylic acids is 2. The van der Waals surface area contributed by atoms with Gasteiger partial charge in [0.05, 0.1) is 0 Å². The molecule has 0 aliphatic heterocycles. The molecule has 0 heterocycles. The van der Waals surface area contributed by atoms with E-state index in [1.165, 1.54) is 0 Å². The highest BCUT2D eigenvalue weighted by Gasteiger charge is 2.16. The highest BCUT2D eigenvalue weighted by atomic mass is 35.5. The lowest BCUT2D eigenvalue weighted by molar-refractivity contribution is -0.124. The van der Waals surface area contributed by atoms with Crippen LogP contribution in [0.25, 0.3) is 0 Å². The van der Waals surface area contributed by atoms with Gasteiger partial charge >= 0.3 is 5.97 Å². The molecule has 2 aromatic carbocycles. The van der Waals surface area contributed by atoms with Crippen molar-refractivity contribution in [3.63, 3.8) is 0 Å². The molecule has 1 unspecified atom stereocenters. The standard InChI is InChI=1S/C20H22ClNO4/c1-3-14(2)22-19(23)13-26-20(24)17-6-4-5-7-18(17)25-12-15-8-10-16(21)11-9-15/h4-11,14H,3,12-13H2,1-2H3,(H,22,23). The maximum absolute atomic E-state index is 12.3. The Morgan fingerprint density at radius 1 is 1.12 bits per heavy atom. The molecule has 138 valence electrons. The second-order valence-electron chi connectivity index (χ2n) is 5.86. The summed E-state index contributed by atoms with van der Waals surface area (Å²) in [6.07, 6.45) is 0.807. The number of ether oxygens (including phenoxy) is 2. The van der Waals surface area contributed by atoms with Crippen LogP contribution in [0.2, 0.25) is 5.02 Å². The second kappa shape index (κ2) is 9.82. The fraction of sp³-hybridized carbons (Fsp3) is 0.300. The third-order valence-electron chi connectivity index (χ3n) is 3.77. The van der Waals surface area contributed by atoms with Crippen LogP contribution in [0.5, 0.6) is 5.75 Å². The Balaban J connectivity index is 1.95. The van der Waals surface area contributed by atoms with Crippen LogP contribution in [0, 0.1) is 0 Å². The van der Waals surface area contributed by atoms with Gasteiger partial charge in [-0.25, -0.2) is 4.79 Å². The number of hydrogen-bond acceptors (Lipinski definition) is 4. The number of carbonyl (C=O) groups is 2. The van der Waals surface area contributed by atoms with Crippen molar-refractivity contribution in [3.8, 4) is 5.75 Å². The average molecular weight is 376 g/mol. The molecular weight excluding hydrogens is 354 g/mol. The highest BCUT2D eigenvalue weighted by Crippen LogP contribution is 2.21. The minimum Gasteiger partial charge on any atom is -0.488 e. The summed E-state index contributed by atoms with van der Waals surface area (Å²) in [5, 5.41) is 3.39. The number of rotatable bonds is 8. The van der Waals surface area contributed by atoms with Crippen LogP contribution < -0.4 is 10.1 Å². The summed E-state index contributed by atoms with van der Waals surface area (Å²) in [5.74, 6) is -0.530. The van der Waals surface area contributed by atoms with Gasteiger partial charge in [0.15, 0.2) is 6.61 Å². The van der Waals surface area contributed by atoms with E-state index in [1.807, 2.05) is 26.0 Å². The number of amides is 1.